The Balaban J connectivity index is 1.76. The Labute approximate surface area is 196 Å². The van der Waals surface area contributed by atoms with E-state index in [0.717, 1.165) is 31.3 Å². The summed E-state index contributed by atoms with van der Waals surface area (Å²) in [6.07, 6.45) is 6.12. The van der Waals surface area contributed by atoms with Gasteiger partial charge >= 0.3 is 0 Å². The molecule has 6 nitrogen and oxygen atoms in total. The van der Waals surface area contributed by atoms with Gasteiger partial charge in [0.15, 0.2) is 5.78 Å². The fraction of sp³-hybridized carbons (Fsp3) is 0.704. The van der Waals surface area contributed by atoms with Crippen molar-refractivity contribution < 1.29 is 28.7 Å². The second kappa shape index (κ2) is 8.52. The molecule has 3 saturated carbocycles. The molecule has 6 heteroatoms. The number of fused-ring (bicyclic) bond motifs is 5. The van der Waals surface area contributed by atoms with Crippen molar-refractivity contribution in [1.29, 1.82) is 0 Å². The predicted molar refractivity (Wildman–Crippen MR) is 122 cm³/mol. The number of allylic oxidation sites excluding steroid dienone is 4. The van der Waals surface area contributed by atoms with Gasteiger partial charge in [-0.1, -0.05) is 38.8 Å². The summed E-state index contributed by atoms with van der Waals surface area (Å²) < 4.78 is 11.0. The topological polar surface area (TPSA) is 86.7 Å². The van der Waals surface area contributed by atoms with Crippen molar-refractivity contribution in [3.63, 3.8) is 0 Å². The van der Waals surface area contributed by atoms with Gasteiger partial charge in [0.25, 0.3) is 12.9 Å². The normalized spacial score (nSPS) is 39.5. The van der Waals surface area contributed by atoms with Gasteiger partial charge in [-0.05, 0) is 68.4 Å². The van der Waals surface area contributed by atoms with Gasteiger partial charge in [-0.2, -0.15) is 0 Å². The summed E-state index contributed by atoms with van der Waals surface area (Å²) in [5, 5.41) is 0. The molecule has 3 fully saturated rings. The van der Waals surface area contributed by atoms with Gasteiger partial charge in [-0.3, -0.25) is 19.2 Å². The van der Waals surface area contributed by atoms with Crippen molar-refractivity contribution in [3.05, 3.63) is 23.3 Å². The van der Waals surface area contributed by atoms with E-state index < -0.39 is 17.6 Å². The maximum atomic E-state index is 13.4. The minimum Gasteiger partial charge on any atom is -0.460 e. The molecule has 0 aromatic heterocycles. The second-order valence-corrected chi connectivity index (χ2v) is 11.3. The third kappa shape index (κ3) is 3.52. The van der Waals surface area contributed by atoms with Gasteiger partial charge in [0.1, 0.15) is 18.0 Å². The van der Waals surface area contributed by atoms with Crippen LogP contribution in [0, 0.1) is 40.4 Å². The Morgan fingerprint density at radius 2 is 1.76 bits per heavy atom. The summed E-state index contributed by atoms with van der Waals surface area (Å²) in [6, 6.07) is 0. The van der Waals surface area contributed by atoms with Gasteiger partial charge in [0.2, 0.25) is 0 Å². The summed E-state index contributed by atoms with van der Waals surface area (Å²) in [4.78, 5) is 48.4. The molecule has 0 amide bonds. The Kier molecular flexibility index (Phi) is 6.17. The number of ether oxygens (including phenoxy) is 2. The lowest BCUT2D eigenvalue weighted by molar-refractivity contribution is -0.166. The van der Waals surface area contributed by atoms with Crippen LogP contribution < -0.4 is 0 Å². The van der Waals surface area contributed by atoms with Gasteiger partial charge in [-0.25, -0.2) is 0 Å². The monoisotopic (exact) mass is 456 g/mol. The Hall–Kier alpha value is -2.24. The zero-order chi connectivity index (χ0) is 24.1. The Morgan fingerprint density at radius 3 is 2.39 bits per heavy atom. The number of rotatable bonds is 7. The van der Waals surface area contributed by atoms with Crippen LogP contribution in [0.3, 0.4) is 0 Å². The highest BCUT2D eigenvalue weighted by Crippen LogP contribution is 2.66. The largest absolute Gasteiger partial charge is 0.460 e. The molecule has 8 atom stereocenters. The van der Waals surface area contributed by atoms with E-state index >= 15 is 0 Å². The molecule has 0 heterocycles. The van der Waals surface area contributed by atoms with E-state index in [1.54, 1.807) is 6.08 Å². The van der Waals surface area contributed by atoms with E-state index in [9.17, 15) is 19.2 Å². The minimum atomic E-state index is -0.656. The van der Waals surface area contributed by atoms with Crippen molar-refractivity contribution in [1.82, 2.24) is 0 Å². The van der Waals surface area contributed by atoms with E-state index in [4.69, 9.17) is 9.47 Å². The molecule has 2 unspecified atom stereocenters. The van der Waals surface area contributed by atoms with E-state index in [1.807, 2.05) is 19.9 Å². The summed E-state index contributed by atoms with van der Waals surface area (Å²) in [5.74, 6) is 0.648. The molecular formula is C27H36O6. The van der Waals surface area contributed by atoms with Crippen LogP contribution in [0.25, 0.3) is 0 Å². The van der Waals surface area contributed by atoms with E-state index in [0.29, 0.717) is 25.3 Å². The Bertz CT molecular complexity index is 916. The van der Waals surface area contributed by atoms with Crippen LogP contribution in [0.5, 0.6) is 0 Å². The zero-order valence-electron chi connectivity index (χ0n) is 20.3. The third-order valence-corrected chi connectivity index (χ3v) is 9.69. The second-order valence-electron chi connectivity index (χ2n) is 11.3. The van der Waals surface area contributed by atoms with Crippen LogP contribution in [-0.2, 0) is 28.7 Å². The fourth-order valence-corrected chi connectivity index (χ4v) is 8.00. The first kappa shape index (κ1) is 23.9. The van der Waals surface area contributed by atoms with E-state index in [1.165, 1.54) is 5.57 Å². The zero-order valence-corrected chi connectivity index (χ0v) is 20.3. The lowest BCUT2D eigenvalue weighted by Crippen LogP contribution is -2.54. The number of hydrogen-bond acceptors (Lipinski definition) is 6. The summed E-state index contributed by atoms with van der Waals surface area (Å²) in [5.41, 5.74) is 1.66. The standard InChI is InChI=1S/C27H36O6/c1-15(2)24(32-13-28)25(33-14-29)20-12-22(31)26(4)9-8-21-19(23(20)26)7-6-17-11-18(30)10-16(3)27(17,21)5/h10-11,13-15,19-21,23-25H,6-9,12H2,1-5H3/t19-,20-,21+,23-,24?,25?,26-,27+/m1/s1. The first-order chi connectivity index (χ1) is 15.6. The first-order valence-electron chi connectivity index (χ1n) is 12.2. The molecule has 0 bridgehead atoms. The molecule has 0 spiro atoms. The van der Waals surface area contributed by atoms with Crippen LogP contribution in [0.2, 0.25) is 0 Å². The molecule has 0 aromatic carbocycles. The summed E-state index contributed by atoms with van der Waals surface area (Å²) in [6.45, 7) is 11.1. The maximum Gasteiger partial charge on any atom is 0.293 e. The molecule has 0 aromatic rings. The van der Waals surface area contributed by atoms with Crippen LogP contribution in [0.1, 0.15) is 66.7 Å². The average Bonchev–Trinajstić information content (AvgIpc) is 3.02. The molecular weight excluding hydrogens is 420 g/mol. The van der Waals surface area contributed by atoms with Gasteiger partial charge in [-0.15, -0.1) is 0 Å². The van der Waals surface area contributed by atoms with Crippen molar-refractivity contribution in [2.24, 2.45) is 40.4 Å². The van der Waals surface area contributed by atoms with Crippen LogP contribution in [0.4, 0.5) is 0 Å². The number of carbonyl (C=O) groups excluding carboxylic acids is 4. The fourth-order valence-electron chi connectivity index (χ4n) is 8.00. The van der Waals surface area contributed by atoms with Crippen molar-refractivity contribution in [3.8, 4) is 0 Å². The smallest absolute Gasteiger partial charge is 0.293 e. The predicted octanol–water partition coefficient (Wildman–Crippen LogP) is 4.22. The highest BCUT2D eigenvalue weighted by atomic mass is 16.6. The number of hydrogen-bond donors (Lipinski definition) is 0. The minimum absolute atomic E-state index is 0.0361. The average molecular weight is 457 g/mol. The van der Waals surface area contributed by atoms with Crippen molar-refractivity contribution in [2.45, 2.75) is 78.9 Å². The third-order valence-electron chi connectivity index (χ3n) is 9.69. The van der Waals surface area contributed by atoms with Crippen LogP contribution in [-0.4, -0.2) is 36.7 Å². The van der Waals surface area contributed by atoms with Crippen molar-refractivity contribution >= 4 is 24.5 Å². The molecule has 4 aliphatic carbocycles. The molecule has 0 aliphatic heterocycles. The maximum absolute atomic E-state index is 13.4. The van der Waals surface area contributed by atoms with Gasteiger partial charge in [0.05, 0.1) is 0 Å². The quantitative estimate of drug-likeness (QED) is 0.533. The number of Topliss-reactive ketones (excluding diaryl/α,β-unsaturated/α-hetero) is 1. The molecule has 0 saturated heterocycles. The van der Waals surface area contributed by atoms with Crippen molar-refractivity contribution in [2.75, 3.05) is 0 Å². The highest BCUT2D eigenvalue weighted by molar-refractivity contribution is 6.02. The van der Waals surface area contributed by atoms with Gasteiger partial charge < -0.3 is 9.47 Å². The summed E-state index contributed by atoms with van der Waals surface area (Å²) >= 11 is 0. The first-order valence-corrected chi connectivity index (χ1v) is 12.2. The molecule has 33 heavy (non-hydrogen) atoms. The van der Waals surface area contributed by atoms with Crippen LogP contribution in [0.15, 0.2) is 23.3 Å². The van der Waals surface area contributed by atoms with E-state index in [2.05, 4.69) is 20.8 Å². The van der Waals surface area contributed by atoms with Gasteiger partial charge in [0, 0.05) is 23.2 Å². The summed E-state index contributed by atoms with van der Waals surface area (Å²) in [7, 11) is 0. The molecule has 4 rings (SSSR count). The van der Waals surface area contributed by atoms with Crippen LogP contribution >= 0.6 is 0 Å². The lowest BCUT2D eigenvalue weighted by Gasteiger charge is -2.58. The number of ketones is 2. The molecule has 180 valence electrons. The molecule has 0 N–H and O–H groups in total. The highest BCUT2D eigenvalue weighted by Gasteiger charge is 2.64. The SMILES string of the molecule is CC1=CC(=O)C=C2CC[C@H]3[C@@H]4[C@H](C(OC=O)C(OC=O)C(C)C)CC(=O)[C@@]4(C)CC[C@@H]3[C@@]12C. The molecule has 4 aliphatic rings. The Morgan fingerprint density at radius 1 is 1.06 bits per heavy atom. The lowest BCUT2D eigenvalue weighted by atomic mass is 9.46. The number of carbonyl (C=O) groups is 4. The van der Waals surface area contributed by atoms with E-state index in [-0.39, 0.29) is 40.7 Å². The molecule has 0 radical (unpaired) electrons.